The average Bonchev–Trinajstić information content (AvgIpc) is 2.68. The highest BCUT2D eigenvalue weighted by Gasteiger charge is 2.45. The molecule has 0 fully saturated rings. The van der Waals surface area contributed by atoms with Crippen LogP contribution in [0.4, 0.5) is 13.2 Å². The molecule has 0 amide bonds. The van der Waals surface area contributed by atoms with E-state index >= 15 is 0 Å². The predicted octanol–water partition coefficient (Wildman–Crippen LogP) is 3.93. The zero-order valence-corrected chi connectivity index (χ0v) is 12.2. The molecule has 1 atom stereocenters. The van der Waals surface area contributed by atoms with Crippen LogP contribution in [0.1, 0.15) is 26.7 Å². The van der Waals surface area contributed by atoms with E-state index in [-0.39, 0.29) is 12.7 Å². The first-order chi connectivity index (χ1) is 9.68. The van der Waals surface area contributed by atoms with E-state index in [4.69, 9.17) is 14.2 Å². The summed E-state index contributed by atoms with van der Waals surface area (Å²) in [5.41, 5.74) is -0.807. The highest BCUT2D eigenvalue weighted by molar-refractivity contribution is 5.04. The fourth-order valence-electron chi connectivity index (χ4n) is 1.48. The molecule has 0 spiro atoms. The summed E-state index contributed by atoms with van der Waals surface area (Å²) >= 11 is 0. The first-order valence-corrected chi connectivity index (χ1v) is 6.42. The summed E-state index contributed by atoms with van der Waals surface area (Å²) in [6.07, 6.45) is -0.577. The van der Waals surface area contributed by atoms with Gasteiger partial charge in [-0.1, -0.05) is 23.3 Å². The Morgan fingerprint density at radius 3 is 2.43 bits per heavy atom. The predicted molar refractivity (Wildman–Crippen MR) is 69.3 cm³/mol. The largest absolute Gasteiger partial charge is 0.414 e. The molecular formula is C13H19F3N2O3. The van der Waals surface area contributed by atoms with Gasteiger partial charge in [-0.2, -0.15) is 18.3 Å². The zero-order chi connectivity index (χ0) is 16.0. The van der Waals surface area contributed by atoms with Crippen molar-refractivity contribution in [1.29, 1.82) is 0 Å². The van der Waals surface area contributed by atoms with Crippen molar-refractivity contribution in [3.63, 3.8) is 0 Å². The molecule has 0 N–H and O–H groups in total. The van der Waals surface area contributed by atoms with Crippen molar-refractivity contribution in [1.82, 2.24) is 0 Å². The van der Waals surface area contributed by atoms with Crippen LogP contribution in [0, 0.1) is 0 Å². The lowest BCUT2D eigenvalue weighted by atomic mass is 10.3. The van der Waals surface area contributed by atoms with Crippen LogP contribution in [0.15, 0.2) is 34.5 Å². The molecule has 1 aliphatic heterocycles. The zero-order valence-electron chi connectivity index (χ0n) is 12.2. The molecule has 5 nitrogen and oxygen atoms in total. The van der Waals surface area contributed by atoms with Gasteiger partial charge in [0, 0.05) is 13.2 Å². The number of hydrogen-bond acceptors (Lipinski definition) is 5. The third kappa shape index (κ3) is 6.83. The molecule has 8 heteroatoms. The number of allylic oxidation sites excluding steroid dienone is 4. The van der Waals surface area contributed by atoms with Crippen molar-refractivity contribution in [3.8, 4) is 0 Å². The van der Waals surface area contributed by atoms with Crippen molar-refractivity contribution in [3.05, 3.63) is 24.3 Å². The van der Waals surface area contributed by atoms with Crippen LogP contribution in [0.5, 0.6) is 0 Å². The van der Waals surface area contributed by atoms with Gasteiger partial charge in [0.05, 0.1) is 6.61 Å². The lowest BCUT2D eigenvalue weighted by Gasteiger charge is -2.25. The van der Waals surface area contributed by atoms with Crippen LogP contribution in [0.25, 0.3) is 0 Å². The van der Waals surface area contributed by atoms with Crippen molar-refractivity contribution in [2.24, 2.45) is 10.2 Å². The Balaban J connectivity index is 2.24. The van der Waals surface area contributed by atoms with Crippen molar-refractivity contribution < 1.29 is 27.4 Å². The van der Waals surface area contributed by atoms with Gasteiger partial charge in [-0.05, 0) is 26.7 Å². The van der Waals surface area contributed by atoms with Crippen LogP contribution in [-0.4, -0.2) is 31.7 Å². The van der Waals surface area contributed by atoms with Gasteiger partial charge in [0.2, 0.25) is 0 Å². The molecule has 120 valence electrons. The van der Waals surface area contributed by atoms with Gasteiger partial charge in [0.15, 0.2) is 5.72 Å². The van der Waals surface area contributed by atoms with E-state index < -0.39 is 18.0 Å². The quantitative estimate of drug-likeness (QED) is 0.407. The lowest BCUT2D eigenvalue weighted by molar-refractivity contribution is -0.376. The molecule has 1 heterocycles. The second-order valence-electron chi connectivity index (χ2n) is 4.80. The molecule has 0 radical (unpaired) electrons. The first kappa shape index (κ1) is 17.8. The van der Waals surface area contributed by atoms with Gasteiger partial charge < -0.3 is 9.47 Å². The van der Waals surface area contributed by atoms with Crippen LogP contribution < -0.4 is 0 Å². The van der Waals surface area contributed by atoms with E-state index in [1.807, 2.05) is 0 Å². The summed E-state index contributed by atoms with van der Waals surface area (Å²) in [5.74, 6) is 0. The monoisotopic (exact) mass is 308 g/mol. The Hall–Kier alpha value is -1.25. The molecule has 0 aromatic carbocycles. The smallest absolute Gasteiger partial charge is 0.310 e. The van der Waals surface area contributed by atoms with Gasteiger partial charge in [-0.25, -0.2) is 0 Å². The highest BCUT2D eigenvalue weighted by atomic mass is 19.4. The van der Waals surface area contributed by atoms with Crippen molar-refractivity contribution in [2.45, 2.75) is 44.7 Å². The van der Waals surface area contributed by atoms with Gasteiger partial charge in [0.1, 0.15) is 0 Å². The Morgan fingerprint density at radius 2 is 1.90 bits per heavy atom. The Morgan fingerprint density at radius 1 is 1.19 bits per heavy atom. The van der Waals surface area contributed by atoms with Crippen LogP contribution in [0.3, 0.4) is 0 Å². The Labute approximate surface area is 121 Å². The minimum absolute atomic E-state index is 0.175. The number of methoxy groups -OCH3 is 1. The van der Waals surface area contributed by atoms with Gasteiger partial charge in [0.25, 0.3) is 0 Å². The molecule has 0 aromatic rings. The third-order valence-corrected chi connectivity index (χ3v) is 2.38. The summed E-state index contributed by atoms with van der Waals surface area (Å²) in [5, 5.41) is 7.69. The van der Waals surface area contributed by atoms with Gasteiger partial charge >= 0.3 is 12.3 Å². The fourth-order valence-corrected chi connectivity index (χ4v) is 1.48. The molecule has 0 saturated heterocycles. The van der Waals surface area contributed by atoms with E-state index in [0.29, 0.717) is 12.8 Å². The normalized spacial score (nSPS) is 25.4. The Kier molecular flexibility index (Phi) is 6.06. The molecular weight excluding hydrogens is 289 g/mol. The summed E-state index contributed by atoms with van der Waals surface area (Å²) in [7, 11) is 1.39. The van der Waals surface area contributed by atoms with E-state index in [9.17, 15) is 13.2 Å². The standard InChI is InChI=1S/C13H19F3N2O3/c1-11(2)17-18-13(19-3,21-11)20-10-8-6-4-5-7-9-12(14,15)16/h4-5,7,9H,6,8,10H2,1-3H3/b5-4+,9-7+. The maximum Gasteiger partial charge on any atom is 0.414 e. The second-order valence-corrected chi connectivity index (χ2v) is 4.80. The number of azo groups is 1. The second kappa shape index (κ2) is 7.15. The lowest BCUT2D eigenvalue weighted by Crippen LogP contribution is -2.38. The number of nitrogens with zero attached hydrogens (tertiary/aromatic N) is 2. The summed E-state index contributed by atoms with van der Waals surface area (Å²) in [6.45, 7) is 3.71. The third-order valence-electron chi connectivity index (χ3n) is 2.38. The van der Waals surface area contributed by atoms with E-state index in [0.717, 1.165) is 6.08 Å². The van der Waals surface area contributed by atoms with Crippen molar-refractivity contribution in [2.75, 3.05) is 13.7 Å². The maximum absolute atomic E-state index is 11.8. The van der Waals surface area contributed by atoms with Gasteiger partial charge in [-0.15, -0.1) is 0 Å². The number of alkyl halides is 3. The number of hydrogen-bond donors (Lipinski definition) is 0. The molecule has 21 heavy (non-hydrogen) atoms. The number of ether oxygens (including phenoxy) is 3. The number of unbranched alkanes of at least 4 members (excludes halogenated alkanes) is 1. The van der Waals surface area contributed by atoms with E-state index in [2.05, 4.69) is 10.2 Å². The van der Waals surface area contributed by atoms with Gasteiger partial charge in [-0.3, -0.25) is 4.74 Å². The summed E-state index contributed by atoms with van der Waals surface area (Å²) in [6, 6.07) is 0. The molecule has 0 aliphatic carbocycles. The van der Waals surface area contributed by atoms with Crippen molar-refractivity contribution >= 4 is 0 Å². The maximum atomic E-state index is 11.8. The SMILES string of the molecule is COC1(OCCC/C=C/C=C/C(F)(F)F)N=NC(C)(C)O1. The Bertz CT molecular complexity index is 419. The van der Waals surface area contributed by atoms with Crippen LogP contribution in [0.2, 0.25) is 0 Å². The number of halogens is 3. The molecule has 0 aromatic heterocycles. The molecule has 1 aliphatic rings. The van der Waals surface area contributed by atoms with Crippen LogP contribution in [-0.2, 0) is 14.2 Å². The number of rotatable bonds is 7. The highest BCUT2D eigenvalue weighted by Crippen LogP contribution is 2.33. The molecule has 0 saturated carbocycles. The first-order valence-electron chi connectivity index (χ1n) is 6.42. The summed E-state index contributed by atoms with van der Waals surface area (Å²) < 4.78 is 51.3. The summed E-state index contributed by atoms with van der Waals surface area (Å²) in [4.78, 5) is 0. The average molecular weight is 308 g/mol. The minimum Gasteiger partial charge on any atom is -0.310 e. The van der Waals surface area contributed by atoms with E-state index in [1.165, 1.54) is 13.2 Å². The van der Waals surface area contributed by atoms with E-state index in [1.54, 1.807) is 19.9 Å². The molecule has 1 rings (SSSR count). The minimum atomic E-state index is -4.28. The molecule has 1 unspecified atom stereocenters. The topological polar surface area (TPSA) is 52.4 Å². The fraction of sp³-hybridized carbons (Fsp3) is 0.692. The molecule has 0 bridgehead atoms. The van der Waals surface area contributed by atoms with Crippen LogP contribution >= 0.6 is 0 Å².